The average molecular weight is 205 g/mol. The normalized spacial score (nSPS) is 47.8. The van der Waals surface area contributed by atoms with Crippen LogP contribution in [0.3, 0.4) is 0 Å². The fourth-order valence-electron chi connectivity index (χ4n) is 1.82. The highest BCUT2D eigenvalue weighted by Gasteiger charge is 2.41. The maximum atomic E-state index is 11.1. The van der Waals surface area contributed by atoms with Crippen LogP contribution in [0, 0.1) is 5.92 Å². The Morgan fingerprint density at radius 3 is 2.31 bits per heavy atom. The highest BCUT2D eigenvalue weighted by atomic mass is 32.2. The predicted octanol–water partition coefficient (Wildman–Crippen LogP) is -0.858. The minimum atomic E-state index is -2.99. The second kappa shape index (κ2) is 2.93. The van der Waals surface area contributed by atoms with Crippen molar-refractivity contribution >= 4 is 9.84 Å². The van der Waals surface area contributed by atoms with E-state index in [1.807, 2.05) is 0 Å². The van der Waals surface area contributed by atoms with Gasteiger partial charge < -0.3 is 10.4 Å². The molecule has 13 heavy (non-hydrogen) atoms. The predicted molar refractivity (Wildman–Crippen MR) is 49.2 cm³/mol. The van der Waals surface area contributed by atoms with Gasteiger partial charge in [0.15, 0.2) is 9.84 Å². The van der Waals surface area contributed by atoms with Crippen LogP contribution in [0.5, 0.6) is 0 Å². The van der Waals surface area contributed by atoms with Crippen molar-refractivity contribution in [2.75, 3.05) is 11.5 Å². The fraction of sp³-hybridized carbons (Fsp3) is 1.00. The summed E-state index contributed by atoms with van der Waals surface area (Å²) in [5, 5.41) is 12.6. The summed E-state index contributed by atoms with van der Waals surface area (Å²) in [4.78, 5) is 0. The van der Waals surface area contributed by atoms with Crippen LogP contribution in [0.4, 0.5) is 0 Å². The number of aliphatic hydroxyl groups is 1. The molecular weight excluding hydrogens is 190 g/mol. The molecule has 2 N–H and O–H groups in total. The lowest BCUT2D eigenvalue weighted by molar-refractivity contribution is 0.164. The average Bonchev–Trinajstić information content (AvgIpc) is 2.56. The fourth-order valence-corrected chi connectivity index (χ4v) is 3.57. The van der Waals surface area contributed by atoms with Gasteiger partial charge >= 0.3 is 0 Å². The minimum absolute atomic E-state index is 0.0776. The molecule has 2 rings (SSSR count). The summed E-state index contributed by atoms with van der Waals surface area (Å²) in [5.74, 6) is 0.652. The molecule has 76 valence electrons. The van der Waals surface area contributed by atoms with Crippen molar-refractivity contribution in [1.82, 2.24) is 5.32 Å². The van der Waals surface area contributed by atoms with Crippen LogP contribution >= 0.6 is 0 Å². The van der Waals surface area contributed by atoms with E-state index >= 15 is 0 Å². The third kappa shape index (κ3) is 2.03. The van der Waals surface area contributed by atoms with Gasteiger partial charge in [-0.1, -0.05) is 6.92 Å². The molecule has 0 aromatic rings. The van der Waals surface area contributed by atoms with Gasteiger partial charge in [0.2, 0.25) is 0 Å². The van der Waals surface area contributed by atoms with Gasteiger partial charge in [-0.15, -0.1) is 0 Å². The number of rotatable bonds is 2. The van der Waals surface area contributed by atoms with Crippen LogP contribution in [-0.2, 0) is 9.84 Å². The summed E-state index contributed by atoms with van der Waals surface area (Å²) in [6.07, 6.45) is 0.390. The zero-order chi connectivity index (χ0) is 9.64. The topological polar surface area (TPSA) is 66.4 Å². The smallest absolute Gasteiger partial charge is 0.154 e. The summed E-state index contributed by atoms with van der Waals surface area (Å²) in [6, 6.07) is 0.188. The van der Waals surface area contributed by atoms with Gasteiger partial charge in [-0.3, -0.25) is 0 Å². The number of nitrogens with one attached hydrogen (secondary N) is 1. The minimum Gasteiger partial charge on any atom is -0.390 e. The first-order valence-electron chi connectivity index (χ1n) is 4.62. The van der Waals surface area contributed by atoms with Crippen LogP contribution < -0.4 is 5.32 Å². The molecular formula is C8H15NO3S. The Kier molecular flexibility index (Phi) is 2.13. The van der Waals surface area contributed by atoms with E-state index in [4.69, 9.17) is 0 Å². The third-order valence-corrected chi connectivity index (χ3v) is 4.58. The van der Waals surface area contributed by atoms with E-state index in [-0.39, 0.29) is 17.5 Å². The molecule has 0 spiro atoms. The first kappa shape index (κ1) is 9.43. The number of hydrogen-bond acceptors (Lipinski definition) is 4. The Bertz CT molecular complexity index is 301. The van der Waals surface area contributed by atoms with Gasteiger partial charge in [-0.05, 0) is 12.3 Å². The Balaban J connectivity index is 1.94. The maximum absolute atomic E-state index is 11.1. The third-order valence-electron chi connectivity index (χ3n) is 2.86. The van der Waals surface area contributed by atoms with E-state index in [2.05, 4.69) is 12.2 Å². The zero-order valence-corrected chi connectivity index (χ0v) is 8.42. The molecule has 0 aromatic heterocycles. The lowest BCUT2D eigenvalue weighted by atomic mass is 10.2. The van der Waals surface area contributed by atoms with Crippen molar-refractivity contribution in [3.8, 4) is 0 Å². The highest BCUT2D eigenvalue weighted by molar-refractivity contribution is 7.91. The molecule has 1 saturated carbocycles. The monoisotopic (exact) mass is 205 g/mol. The van der Waals surface area contributed by atoms with Crippen LogP contribution in [0.25, 0.3) is 0 Å². The van der Waals surface area contributed by atoms with E-state index in [1.165, 1.54) is 0 Å². The summed E-state index contributed by atoms with van der Waals surface area (Å²) < 4.78 is 22.3. The molecule has 2 fully saturated rings. The first-order chi connectivity index (χ1) is 5.98. The number of sulfone groups is 1. The van der Waals surface area contributed by atoms with Gasteiger partial charge in [0, 0.05) is 12.1 Å². The summed E-state index contributed by atoms with van der Waals surface area (Å²) in [6.45, 7) is 2.12. The Morgan fingerprint density at radius 1 is 1.31 bits per heavy atom. The van der Waals surface area contributed by atoms with Crippen molar-refractivity contribution in [2.24, 2.45) is 5.92 Å². The van der Waals surface area contributed by atoms with E-state index in [9.17, 15) is 13.5 Å². The van der Waals surface area contributed by atoms with Crippen molar-refractivity contribution in [2.45, 2.75) is 31.5 Å². The standard InChI is InChI=1S/C8H15NO3S/c1-5-2-6(5)9-7-3-13(11,12)4-8(7)10/h5-10H,2-4H2,1H3. The molecule has 0 bridgehead atoms. The van der Waals surface area contributed by atoms with E-state index < -0.39 is 15.9 Å². The molecule has 4 nitrogen and oxygen atoms in total. The molecule has 0 amide bonds. The SMILES string of the molecule is CC1CC1NC1CS(=O)(=O)CC1O. The largest absolute Gasteiger partial charge is 0.390 e. The quantitative estimate of drug-likeness (QED) is 0.616. The lowest BCUT2D eigenvalue weighted by Crippen LogP contribution is -2.40. The molecule has 0 aromatic carbocycles. The first-order valence-corrected chi connectivity index (χ1v) is 6.44. The van der Waals surface area contributed by atoms with Gasteiger partial charge in [-0.25, -0.2) is 8.42 Å². The molecule has 4 unspecified atom stereocenters. The van der Waals surface area contributed by atoms with Crippen LogP contribution in [0.15, 0.2) is 0 Å². The summed E-state index contributed by atoms with van der Waals surface area (Å²) in [7, 11) is -2.99. The maximum Gasteiger partial charge on any atom is 0.154 e. The van der Waals surface area contributed by atoms with Crippen LogP contribution in [0.1, 0.15) is 13.3 Å². The van der Waals surface area contributed by atoms with E-state index in [0.717, 1.165) is 6.42 Å². The van der Waals surface area contributed by atoms with E-state index in [1.54, 1.807) is 0 Å². The van der Waals surface area contributed by atoms with Crippen molar-refractivity contribution < 1.29 is 13.5 Å². The Labute approximate surface area is 78.3 Å². The lowest BCUT2D eigenvalue weighted by Gasteiger charge is -2.13. The van der Waals surface area contributed by atoms with Crippen molar-refractivity contribution in [3.05, 3.63) is 0 Å². The van der Waals surface area contributed by atoms with Crippen molar-refractivity contribution in [3.63, 3.8) is 0 Å². The molecule has 1 saturated heterocycles. The Hall–Kier alpha value is -0.130. The molecule has 1 heterocycles. The summed E-state index contributed by atoms with van der Waals surface area (Å²) >= 11 is 0. The van der Waals surface area contributed by atoms with Gasteiger partial charge in [0.25, 0.3) is 0 Å². The van der Waals surface area contributed by atoms with Crippen LogP contribution in [-0.4, -0.2) is 43.2 Å². The second-order valence-electron chi connectivity index (χ2n) is 4.24. The zero-order valence-electron chi connectivity index (χ0n) is 7.60. The van der Waals surface area contributed by atoms with Gasteiger partial charge in [0.1, 0.15) is 0 Å². The van der Waals surface area contributed by atoms with Gasteiger partial charge in [-0.2, -0.15) is 0 Å². The molecule has 1 aliphatic carbocycles. The van der Waals surface area contributed by atoms with Crippen molar-refractivity contribution in [1.29, 1.82) is 0 Å². The molecule has 0 radical (unpaired) electrons. The summed E-state index contributed by atoms with van der Waals surface area (Å²) in [5.41, 5.74) is 0. The molecule has 4 atom stereocenters. The molecule has 1 aliphatic heterocycles. The number of aliphatic hydroxyl groups excluding tert-OH is 1. The second-order valence-corrected chi connectivity index (χ2v) is 6.39. The van der Waals surface area contributed by atoms with E-state index in [0.29, 0.717) is 12.0 Å². The number of hydrogen-bond donors (Lipinski definition) is 2. The Morgan fingerprint density at radius 2 is 1.92 bits per heavy atom. The van der Waals surface area contributed by atoms with Gasteiger partial charge in [0.05, 0.1) is 17.6 Å². The molecule has 5 heteroatoms. The van der Waals surface area contributed by atoms with Crippen LogP contribution in [0.2, 0.25) is 0 Å². The molecule has 2 aliphatic rings. The highest BCUT2D eigenvalue weighted by Crippen LogP contribution is 2.30.